The molecule has 1 amide bonds. The Balaban J connectivity index is 1.65. The first kappa shape index (κ1) is 37.7. The molecule has 2 heterocycles. The Bertz CT molecular complexity index is 1870. The van der Waals surface area contributed by atoms with Crippen molar-refractivity contribution in [2.75, 3.05) is 18.4 Å². The average molecular weight is 720 g/mol. The molecular formula is C31H39N5O11P2. The highest BCUT2D eigenvalue weighted by Crippen LogP contribution is 2.59. The molecule has 2 aromatic heterocycles. The van der Waals surface area contributed by atoms with Gasteiger partial charge in [0.1, 0.15) is 12.1 Å². The van der Waals surface area contributed by atoms with Gasteiger partial charge in [0.15, 0.2) is 11.1 Å². The number of hydrogen-bond donors (Lipinski definition) is 6. The second kappa shape index (κ2) is 16.0. The maximum absolute atomic E-state index is 12.9. The number of nitrogens with one attached hydrogen (secondary N) is 2. The van der Waals surface area contributed by atoms with Gasteiger partial charge in [0.25, 0.3) is 0 Å². The minimum Gasteiger partial charge on any atom is -0.424 e. The Labute approximate surface area is 281 Å². The van der Waals surface area contributed by atoms with Crippen molar-refractivity contribution >= 4 is 49.8 Å². The second-order valence-corrected chi connectivity index (χ2v) is 15.2. The molecule has 0 aliphatic rings. The van der Waals surface area contributed by atoms with Crippen molar-refractivity contribution in [3.63, 3.8) is 0 Å². The number of hydrogen-bond acceptors (Lipinski definition) is 9. The molecule has 16 nitrogen and oxygen atoms in total. The van der Waals surface area contributed by atoms with Gasteiger partial charge in [-0.05, 0) is 61.7 Å². The van der Waals surface area contributed by atoms with Crippen molar-refractivity contribution < 1.29 is 52.6 Å². The number of unbranched alkanes of at least 4 members (excludes halogenated alkanes) is 2. The Hall–Kier alpha value is -4.14. The average Bonchev–Trinajstić information content (AvgIpc) is 3.66. The van der Waals surface area contributed by atoms with Crippen LogP contribution in [0.1, 0.15) is 45.1 Å². The number of anilines is 1. The number of amides is 1. The Morgan fingerprint density at radius 1 is 0.980 bits per heavy atom. The number of rotatable bonds is 15. The summed E-state index contributed by atoms with van der Waals surface area (Å²) in [6.45, 7) is 4.98. The number of imidazole rings is 1. The lowest BCUT2D eigenvalue weighted by atomic mass is 10.1. The number of carbonyl (C=O) groups is 3. The van der Waals surface area contributed by atoms with Crippen LogP contribution in [-0.2, 0) is 25.3 Å². The second-order valence-electron chi connectivity index (χ2n) is 11.2. The monoisotopic (exact) mass is 719 g/mol. The van der Waals surface area contributed by atoms with Crippen LogP contribution in [0.15, 0.2) is 55.1 Å². The van der Waals surface area contributed by atoms with Crippen molar-refractivity contribution in [3.05, 3.63) is 60.7 Å². The smallest absolute Gasteiger partial charge is 0.424 e. The number of ether oxygens (including phenoxy) is 2. The molecule has 0 bridgehead atoms. The van der Waals surface area contributed by atoms with Crippen molar-refractivity contribution in [1.29, 1.82) is 0 Å². The molecule has 0 aliphatic carbocycles. The first-order valence-corrected chi connectivity index (χ1v) is 18.8. The number of carbonyl (C=O) groups excluding carboxylic acids is 3. The van der Waals surface area contributed by atoms with Crippen molar-refractivity contribution in [2.24, 2.45) is 0 Å². The molecule has 4 rings (SSSR count). The summed E-state index contributed by atoms with van der Waals surface area (Å²) in [5, 5.41) is 3.44. The van der Waals surface area contributed by atoms with Crippen LogP contribution in [0.25, 0.3) is 22.2 Å². The molecule has 0 saturated carbocycles. The molecule has 0 fully saturated rings. The van der Waals surface area contributed by atoms with Gasteiger partial charge in [-0.2, -0.15) is 0 Å². The van der Waals surface area contributed by atoms with E-state index in [-0.39, 0.29) is 17.9 Å². The summed E-state index contributed by atoms with van der Waals surface area (Å²) >= 11 is 0. The van der Waals surface area contributed by atoms with E-state index in [1.54, 1.807) is 36.4 Å². The Morgan fingerprint density at radius 2 is 1.67 bits per heavy atom. The largest absolute Gasteiger partial charge is 0.424 e. The molecular weight excluding hydrogens is 680 g/mol. The number of fused-ring (bicyclic) bond motifs is 1. The van der Waals surface area contributed by atoms with Gasteiger partial charge in [0.2, 0.25) is 5.91 Å². The molecule has 0 saturated heterocycles. The normalized spacial score (nSPS) is 12.0. The fourth-order valence-corrected chi connectivity index (χ4v) is 7.57. The van der Waals surface area contributed by atoms with Crippen LogP contribution < -0.4 is 20.1 Å². The Kier molecular flexibility index (Phi) is 12.3. The molecule has 0 radical (unpaired) electrons. The summed E-state index contributed by atoms with van der Waals surface area (Å²) in [6, 6.07) is 10.2. The van der Waals surface area contributed by atoms with Crippen LogP contribution in [0.5, 0.6) is 11.5 Å². The zero-order valence-corrected chi connectivity index (χ0v) is 28.9. The lowest BCUT2D eigenvalue weighted by molar-refractivity contribution is -0.134. The van der Waals surface area contributed by atoms with Crippen LogP contribution in [0.2, 0.25) is 0 Å². The number of aryl methyl sites for hydroxylation is 2. The third-order valence-electron chi connectivity index (χ3n) is 7.65. The fraction of sp³-hybridized carbons (Fsp3) is 0.355. The molecule has 0 atom stereocenters. The van der Waals surface area contributed by atoms with E-state index >= 15 is 0 Å². The van der Waals surface area contributed by atoms with Crippen molar-refractivity contribution in [2.45, 2.75) is 58.4 Å². The zero-order valence-electron chi connectivity index (χ0n) is 27.1. The van der Waals surface area contributed by atoms with E-state index in [1.165, 1.54) is 23.3 Å². The molecule has 4 aromatic rings. The quantitative estimate of drug-likeness (QED) is 0.0428. The maximum Gasteiger partial charge on any atom is 0.424 e. The van der Waals surface area contributed by atoms with Gasteiger partial charge in [-0.1, -0.05) is 19.8 Å². The number of nitrogens with zero attached hydrogens (tertiary/aromatic N) is 3. The molecule has 0 aliphatic heterocycles. The van der Waals surface area contributed by atoms with E-state index in [0.29, 0.717) is 24.2 Å². The summed E-state index contributed by atoms with van der Waals surface area (Å²) in [7, 11) is -10.4. The summed E-state index contributed by atoms with van der Waals surface area (Å²) in [5.74, 6) is -0.819. The molecule has 0 spiro atoms. The van der Waals surface area contributed by atoms with E-state index in [2.05, 4.69) is 15.6 Å². The molecule has 18 heteroatoms. The zero-order chi connectivity index (χ0) is 35.9. The minimum absolute atomic E-state index is 0.0752. The van der Waals surface area contributed by atoms with Crippen molar-refractivity contribution in [1.82, 2.24) is 19.4 Å². The minimum atomic E-state index is -5.19. The first-order valence-electron chi connectivity index (χ1n) is 15.4. The lowest BCUT2D eigenvalue weighted by Crippen LogP contribution is -2.34. The molecule has 49 heavy (non-hydrogen) atoms. The highest BCUT2D eigenvalue weighted by Gasteiger charge is 2.43. The van der Waals surface area contributed by atoms with E-state index < -0.39 is 51.7 Å². The molecule has 2 aromatic carbocycles. The van der Waals surface area contributed by atoms with Crippen LogP contribution in [0.3, 0.4) is 0 Å². The summed E-state index contributed by atoms with van der Waals surface area (Å²) in [5.41, 5.74) is 3.32. The number of esters is 1. The van der Waals surface area contributed by atoms with Gasteiger partial charge in [-0.25, -0.2) is 14.3 Å². The third-order valence-corrected chi connectivity index (χ3v) is 11.4. The summed E-state index contributed by atoms with van der Waals surface area (Å²) in [6.07, 6.45) is 6.15. The fourth-order valence-electron chi connectivity index (χ4n) is 5.26. The standard InChI is InChI=1S/C31H39N5O11P2/c1-4-6-7-8-28(38)47-26-16-25-23(15-24(26)34-27(37)17-33-18-29(48(40,41)42)49(43,44)45)20(3)30(36(25)5-2)21-9-11-22(12-10-21)46-31(39)35-14-13-32-19-35/h9-16,19,29,33H,4-8,17-18H2,1-3H3,(H,34,37)(H2,40,41,42)(H2,43,44,45). The number of benzene rings is 2. The van der Waals surface area contributed by atoms with Crippen LogP contribution >= 0.6 is 15.2 Å². The van der Waals surface area contributed by atoms with Crippen LogP contribution in [0, 0.1) is 6.92 Å². The van der Waals surface area contributed by atoms with E-state index in [0.717, 1.165) is 35.0 Å². The molecule has 264 valence electrons. The van der Waals surface area contributed by atoms with E-state index in [4.69, 9.17) is 9.47 Å². The topological polar surface area (TPSA) is 232 Å². The van der Waals surface area contributed by atoms with Gasteiger partial charge in [-0.15, -0.1) is 0 Å². The van der Waals surface area contributed by atoms with Gasteiger partial charge in [-0.3, -0.25) is 18.7 Å². The molecule has 6 N–H and O–H groups in total. The lowest BCUT2D eigenvalue weighted by Gasteiger charge is -2.20. The predicted octanol–water partition coefficient (Wildman–Crippen LogP) is 4.58. The predicted molar refractivity (Wildman–Crippen MR) is 181 cm³/mol. The maximum atomic E-state index is 12.9. The number of aromatic nitrogens is 3. The highest BCUT2D eigenvalue weighted by molar-refractivity contribution is 7.70. The summed E-state index contributed by atoms with van der Waals surface area (Å²) in [4.78, 5) is 79.3. The van der Waals surface area contributed by atoms with Crippen molar-refractivity contribution in [3.8, 4) is 22.8 Å². The molecule has 0 unspecified atom stereocenters. The van der Waals surface area contributed by atoms with Gasteiger partial charge < -0.3 is 44.2 Å². The highest BCUT2D eigenvalue weighted by atomic mass is 31.2. The Morgan fingerprint density at radius 3 is 2.27 bits per heavy atom. The summed E-state index contributed by atoms with van der Waals surface area (Å²) < 4.78 is 37.5. The van der Waals surface area contributed by atoms with E-state index in [1.807, 2.05) is 25.3 Å². The third kappa shape index (κ3) is 9.52. The van der Waals surface area contributed by atoms with Crippen LogP contribution in [0.4, 0.5) is 10.5 Å². The SMILES string of the molecule is CCCCCC(=O)Oc1cc2c(cc1NC(=O)CNCC(P(=O)(O)O)P(=O)(O)O)c(C)c(-c1ccc(OC(=O)n3ccnc3)cc1)n2CC. The first-order chi connectivity index (χ1) is 23.1. The van der Waals surface area contributed by atoms with Crippen LogP contribution in [-0.4, -0.2) is 70.2 Å². The van der Waals surface area contributed by atoms with Gasteiger partial charge >= 0.3 is 27.3 Å². The van der Waals surface area contributed by atoms with Gasteiger partial charge in [0.05, 0.1) is 23.4 Å². The van der Waals surface area contributed by atoms with Gasteiger partial charge in [0, 0.05) is 43.4 Å². The van der Waals surface area contributed by atoms with E-state index in [9.17, 15) is 43.1 Å².